The molecule has 1 saturated carbocycles. The van der Waals surface area contributed by atoms with Crippen LogP contribution in [0.25, 0.3) is 0 Å². The van der Waals surface area contributed by atoms with Gasteiger partial charge in [-0.25, -0.2) is 0 Å². The molecule has 2 N–H and O–H groups in total. The second-order valence-corrected chi connectivity index (χ2v) is 6.01. The van der Waals surface area contributed by atoms with E-state index < -0.39 is 0 Å². The molecule has 0 heterocycles. The second kappa shape index (κ2) is 9.00. The predicted octanol–water partition coefficient (Wildman–Crippen LogP) is 2.16. The van der Waals surface area contributed by atoms with Crippen molar-refractivity contribution >= 4 is 29.1 Å². The summed E-state index contributed by atoms with van der Waals surface area (Å²) < 4.78 is 5.00. The SMILES string of the molecule is COCCCNC(=S)NC1CCCC(SC)C1. The molecule has 2 unspecified atom stereocenters. The number of thioether (sulfide) groups is 1. The number of hydrogen-bond acceptors (Lipinski definition) is 3. The third kappa shape index (κ3) is 6.48. The molecule has 0 bridgehead atoms. The fraction of sp³-hybridized carbons (Fsp3) is 0.917. The average Bonchev–Trinajstić information content (AvgIpc) is 2.35. The van der Waals surface area contributed by atoms with Crippen molar-refractivity contribution in [2.45, 2.75) is 43.4 Å². The van der Waals surface area contributed by atoms with E-state index in [0.717, 1.165) is 29.9 Å². The van der Waals surface area contributed by atoms with Crippen molar-refractivity contribution in [2.24, 2.45) is 0 Å². The molecule has 1 aliphatic rings. The molecule has 0 aromatic carbocycles. The van der Waals surface area contributed by atoms with E-state index in [9.17, 15) is 0 Å². The van der Waals surface area contributed by atoms with Gasteiger partial charge >= 0.3 is 0 Å². The van der Waals surface area contributed by atoms with Gasteiger partial charge in [0, 0.05) is 31.6 Å². The smallest absolute Gasteiger partial charge is 0.166 e. The summed E-state index contributed by atoms with van der Waals surface area (Å²) in [5.41, 5.74) is 0. The molecule has 3 nitrogen and oxygen atoms in total. The highest BCUT2D eigenvalue weighted by molar-refractivity contribution is 7.99. The van der Waals surface area contributed by atoms with Gasteiger partial charge in [-0.1, -0.05) is 6.42 Å². The van der Waals surface area contributed by atoms with Crippen LogP contribution in [0.5, 0.6) is 0 Å². The van der Waals surface area contributed by atoms with Crippen molar-refractivity contribution in [3.8, 4) is 0 Å². The van der Waals surface area contributed by atoms with Crippen LogP contribution in [0.15, 0.2) is 0 Å². The summed E-state index contributed by atoms with van der Waals surface area (Å²) in [7, 11) is 1.72. The Morgan fingerprint density at radius 1 is 1.47 bits per heavy atom. The number of methoxy groups -OCH3 is 1. The summed E-state index contributed by atoms with van der Waals surface area (Å²) in [6.45, 7) is 1.67. The van der Waals surface area contributed by atoms with Gasteiger partial charge in [0.15, 0.2) is 5.11 Å². The monoisotopic (exact) mass is 276 g/mol. The predicted molar refractivity (Wildman–Crippen MR) is 79.8 cm³/mol. The lowest BCUT2D eigenvalue weighted by atomic mass is 9.95. The maximum absolute atomic E-state index is 5.29. The van der Waals surface area contributed by atoms with E-state index in [1.807, 2.05) is 11.8 Å². The van der Waals surface area contributed by atoms with E-state index in [1.165, 1.54) is 25.7 Å². The molecular weight excluding hydrogens is 252 g/mol. The van der Waals surface area contributed by atoms with Gasteiger partial charge in [-0.15, -0.1) is 0 Å². The molecule has 1 rings (SSSR count). The van der Waals surface area contributed by atoms with E-state index >= 15 is 0 Å². The highest BCUT2D eigenvalue weighted by atomic mass is 32.2. The quantitative estimate of drug-likeness (QED) is 0.574. The molecular formula is C12H24N2OS2. The standard InChI is InChI=1S/C12H24N2OS2/c1-15-8-4-7-13-12(16)14-10-5-3-6-11(9-10)17-2/h10-11H,3-9H2,1-2H3,(H2,13,14,16). The Kier molecular flexibility index (Phi) is 7.97. The van der Waals surface area contributed by atoms with Gasteiger partial charge in [0.2, 0.25) is 0 Å². The van der Waals surface area contributed by atoms with Gasteiger partial charge in [0.05, 0.1) is 0 Å². The lowest BCUT2D eigenvalue weighted by molar-refractivity contribution is 0.195. The molecule has 0 amide bonds. The van der Waals surface area contributed by atoms with E-state index in [-0.39, 0.29) is 0 Å². The van der Waals surface area contributed by atoms with E-state index in [2.05, 4.69) is 16.9 Å². The first-order valence-electron chi connectivity index (χ1n) is 6.32. The van der Waals surface area contributed by atoms with E-state index in [1.54, 1.807) is 7.11 Å². The highest BCUT2D eigenvalue weighted by Crippen LogP contribution is 2.26. The van der Waals surface area contributed by atoms with Crippen molar-refractivity contribution in [1.82, 2.24) is 10.6 Å². The van der Waals surface area contributed by atoms with Crippen LogP contribution in [0.1, 0.15) is 32.1 Å². The molecule has 1 aliphatic carbocycles. The average molecular weight is 276 g/mol. The molecule has 5 heteroatoms. The first-order valence-corrected chi connectivity index (χ1v) is 8.02. The molecule has 0 aromatic rings. The van der Waals surface area contributed by atoms with Gasteiger partial charge in [-0.2, -0.15) is 11.8 Å². The van der Waals surface area contributed by atoms with Crippen molar-refractivity contribution in [3.63, 3.8) is 0 Å². The minimum absolute atomic E-state index is 0.559. The zero-order valence-corrected chi connectivity index (χ0v) is 12.5. The van der Waals surface area contributed by atoms with Gasteiger partial charge in [-0.3, -0.25) is 0 Å². The fourth-order valence-corrected chi connectivity index (χ4v) is 3.24. The number of nitrogens with one attached hydrogen (secondary N) is 2. The summed E-state index contributed by atoms with van der Waals surface area (Å²) >= 11 is 7.27. The maximum atomic E-state index is 5.29. The number of thiocarbonyl (C=S) groups is 1. The van der Waals surface area contributed by atoms with E-state index in [4.69, 9.17) is 17.0 Å². The molecule has 0 spiro atoms. The van der Waals surface area contributed by atoms with Crippen molar-refractivity contribution in [1.29, 1.82) is 0 Å². The molecule has 2 atom stereocenters. The first kappa shape index (κ1) is 15.1. The Labute approximate surface area is 114 Å². The summed E-state index contributed by atoms with van der Waals surface area (Å²) in [4.78, 5) is 0. The zero-order chi connectivity index (χ0) is 12.5. The molecule has 0 saturated heterocycles. The van der Waals surface area contributed by atoms with Crippen molar-refractivity contribution in [2.75, 3.05) is 26.5 Å². The van der Waals surface area contributed by atoms with Crippen LogP contribution in [-0.2, 0) is 4.74 Å². The van der Waals surface area contributed by atoms with Gasteiger partial charge in [-0.05, 0) is 44.2 Å². The lowest BCUT2D eigenvalue weighted by Crippen LogP contribution is -2.44. The summed E-state index contributed by atoms with van der Waals surface area (Å²) in [5, 5.41) is 8.26. The minimum atomic E-state index is 0.559. The Morgan fingerprint density at radius 3 is 3.00 bits per heavy atom. The van der Waals surface area contributed by atoms with Gasteiger partial charge in [0.1, 0.15) is 0 Å². The summed E-state index contributed by atoms with van der Waals surface area (Å²) in [5.74, 6) is 0. The number of rotatable bonds is 6. The molecule has 0 radical (unpaired) electrons. The Hall–Kier alpha value is 0. The van der Waals surface area contributed by atoms with Gasteiger partial charge < -0.3 is 15.4 Å². The zero-order valence-electron chi connectivity index (χ0n) is 10.8. The van der Waals surface area contributed by atoms with Crippen LogP contribution in [0.2, 0.25) is 0 Å². The van der Waals surface area contributed by atoms with E-state index in [0.29, 0.717) is 6.04 Å². The highest BCUT2D eigenvalue weighted by Gasteiger charge is 2.21. The molecule has 0 aliphatic heterocycles. The Bertz CT molecular complexity index is 227. The number of hydrogen-bond donors (Lipinski definition) is 2. The van der Waals surface area contributed by atoms with Crippen LogP contribution >= 0.6 is 24.0 Å². The topological polar surface area (TPSA) is 33.3 Å². The summed E-state index contributed by atoms with van der Waals surface area (Å²) in [6.07, 6.45) is 8.35. The molecule has 17 heavy (non-hydrogen) atoms. The molecule has 100 valence electrons. The van der Waals surface area contributed by atoms with Crippen LogP contribution in [0.4, 0.5) is 0 Å². The maximum Gasteiger partial charge on any atom is 0.166 e. The fourth-order valence-electron chi connectivity index (χ4n) is 2.14. The number of ether oxygens (including phenoxy) is 1. The first-order chi connectivity index (χ1) is 8.26. The Morgan fingerprint density at radius 2 is 2.29 bits per heavy atom. The molecule has 1 fully saturated rings. The van der Waals surface area contributed by atoms with Crippen LogP contribution in [0.3, 0.4) is 0 Å². The minimum Gasteiger partial charge on any atom is -0.385 e. The van der Waals surface area contributed by atoms with Gasteiger partial charge in [0.25, 0.3) is 0 Å². The third-order valence-corrected chi connectivity index (χ3v) is 4.46. The van der Waals surface area contributed by atoms with Crippen molar-refractivity contribution in [3.05, 3.63) is 0 Å². The third-order valence-electron chi connectivity index (χ3n) is 3.11. The summed E-state index contributed by atoms with van der Waals surface area (Å²) in [6, 6.07) is 0.559. The van der Waals surface area contributed by atoms with Crippen LogP contribution < -0.4 is 10.6 Å². The van der Waals surface area contributed by atoms with Crippen LogP contribution in [-0.4, -0.2) is 42.9 Å². The lowest BCUT2D eigenvalue weighted by Gasteiger charge is -2.29. The van der Waals surface area contributed by atoms with Crippen LogP contribution in [0, 0.1) is 0 Å². The Balaban J connectivity index is 2.12. The van der Waals surface area contributed by atoms with Crippen molar-refractivity contribution < 1.29 is 4.74 Å². The normalized spacial score (nSPS) is 24.4. The molecule has 0 aromatic heterocycles. The second-order valence-electron chi connectivity index (χ2n) is 4.47. The largest absolute Gasteiger partial charge is 0.385 e.